The molecule has 2 aromatic rings. The second kappa shape index (κ2) is 15.5. The van der Waals surface area contributed by atoms with Crippen LogP contribution in [0.15, 0.2) is 42.5 Å². The first-order valence-corrected chi connectivity index (χ1v) is 15.6. The van der Waals surface area contributed by atoms with E-state index in [0.29, 0.717) is 62.9 Å². The number of hydrogen-bond acceptors (Lipinski definition) is 6. The minimum atomic E-state index is -5.09. The molecular formula is C32H38F7N5O4. The van der Waals surface area contributed by atoms with Crippen molar-refractivity contribution >= 4 is 17.9 Å². The number of piperazine rings is 1. The van der Waals surface area contributed by atoms with Gasteiger partial charge in [0, 0.05) is 19.0 Å². The summed E-state index contributed by atoms with van der Waals surface area (Å²) in [6.45, 7) is -0.391. The molecule has 2 unspecified atom stereocenters. The second-order valence-corrected chi connectivity index (χ2v) is 11.9. The third-order valence-electron chi connectivity index (χ3n) is 8.48. The van der Waals surface area contributed by atoms with Crippen molar-refractivity contribution in [3.8, 4) is 0 Å². The molecule has 0 spiro atoms. The smallest absolute Gasteiger partial charge is 0.416 e. The van der Waals surface area contributed by atoms with Crippen LogP contribution in [0.5, 0.6) is 0 Å². The highest BCUT2D eigenvalue weighted by Gasteiger charge is 2.51. The molecule has 4 rings (SSSR count). The Morgan fingerprint density at radius 2 is 1.42 bits per heavy atom. The Morgan fingerprint density at radius 3 is 1.98 bits per heavy atom. The lowest BCUT2D eigenvalue weighted by Gasteiger charge is -2.54. The van der Waals surface area contributed by atoms with E-state index in [2.05, 4.69) is 0 Å². The highest BCUT2D eigenvalue weighted by Crippen LogP contribution is 2.37. The molecule has 0 radical (unpaired) electrons. The molecule has 48 heavy (non-hydrogen) atoms. The molecule has 2 aliphatic rings. The van der Waals surface area contributed by atoms with E-state index in [1.807, 2.05) is 0 Å². The summed E-state index contributed by atoms with van der Waals surface area (Å²) in [6.07, 6.45) is -9.88. The number of nitrogens with two attached hydrogens (primary N) is 2. The van der Waals surface area contributed by atoms with Crippen LogP contribution in [0, 0.1) is 5.82 Å². The molecule has 0 aromatic heterocycles. The zero-order valence-electron chi connectivity index (χ0n) is 26.0. The fourth-order valence-electron chi connectivity index (χ4n) is 6.18. The molecular weight excluding hydrogens is 651 g/mol. The van der Waals surface area contributed by atoms with Gasteiger partial charge in [0.1, 0.15) is 24.6 Å². The van der Waals surface area contributed by atoms with Crippen LogP contribution in [-0.2, 0) is 39.8 Å². The monoisotopic (exact) mass is 689 g/mol. The van der Waals surface area contributed by atoms with Gasteiger partial charge in [0.25, 0.3) is 0 Å². The first-order chi connectivity index (χ1) is 22.6. The van der Waals surface area contributed by atoms with Crippen molar-refractivity contribution in [3.63, 3.8) is 0 Å². The fraction of sp³-hybridized carbons (Fsp3) is 0.531. The van der Waals surface area contributed by atoms with E-state index >= 15 is 0 Å². The van der Waals surface area contributed by atoms with E-state index < -0.39 is 65.8 Å². The number of hydrogen-bond donors (Lipinski definition) is 2. The SMILES string of the molecule is NCCCCC1CC(=O)N2C(CN(Cc3ccc(F)cc3)C(=O)[C@@H]2CCCCN)N1C(=O)OCc1cc(C(F)(F)F)cc(C(F)(F)F)c1. The van der Waals surface area contributed by atoms with Crippen LogP contribution < -0.4 is 11.5 Å². The van der Waals surface area contributed by atoms with E-state index in [4.69, 9.17) is 16.2 Å². The van der Waals surface area contributed by atoms with Crippen molar-refractivity contribution < 1.29 is 49.9 Å². The lowest BCUT2D eigenvalue weighted by atomic mass is 9.94. The lowest BCUT2D eigenvalue weighted by molar-refractivity contribution is -0.173. The largest absolute Gasteiger partial charge is 0.444 e. The summed E-state index contributed by atoms with van der Waals surface area (Å²) in [5.41, 5.74) is 8.24. The molecule has 3 atom stereocenters. The zero-order chi connectivity index (χ0) is 35.2. The van der Waals surface area contributed by atoms with Gasteiger partial charge >= 0.3 is 18.4 Å². The molecule has 2 aromatic carbocycles. The fourth-order valence-corrected chi connectivity index (χ4v) is 6.18. The minimum Gasteiger partial charge on any atom is -0.444 e. The maximum absolute atomic E-state index is 13.8. The van der Waals surface area contributed by atoms with Crippen molar-refractivity contribution in [2.24, 2.45) is 11.5 Å². The Hall–Kier alpha value is -3.92. The normalized spacial score (nSPS) is 20.3. The highest BCUT2D eigenvalue weighted by molar-refractivity contribution is 5.91. The number of fused-ring (bicyclic) bond motifs is 1. The maximum Gasteiger partial charge on any atom is 0.416 e. The first-order valence-electron chi connectivity index (χ1n) is 15.6. The average molecular weight is 690 g/mol. The van der Waals surface area contributed by atoms with Crippen LogP contribution in [0.2, 0.25) is 0 Å². The van der Waals surface area contributed by atoms with Crippen molar-refractivity contribution in [1.29, 1.82) is 0 Å². The number of nitrogens with zero attached hydrogens (tertiary/aromatic N) is 3. The van der Waals surface area contributed by atoms with Crippen molar-refractivity contribution in [1.82, 2.24) is 14.7 Å². The number of ether oxygens (including phenoxy) is 1. The van der Waals surface area contributed by atoms with Gasteiger partial charge < -0.3 is 26.0 Å². The molecule has 3 amide bonds. The Bertz CT molecular complexity index is 1410. The molecule has 2 saturated heterocycles. The third kappa shape index (κ3) is 8.95. The third-order valence-corrected chi connectivity index (χ3v) is 8.48. The van der Waals surface area contributed by atoms with Gasteiger partial charge in [-0.3, -0.25) is 14.5 Å². The van der Waals surface area contributed by atoms with Gasteiger partial charge in [-0.1, -0.05) is 18.6 Å². The van der Waals surface area contributed by atoms with Crippen LogP contribution in [0.25, 0.3) is 0 Å². The topological polar surface area (TPSA) is 122 Å². The van der Waals surface area contributed by atoms with Crippen LogP contribution in [-0.4, -0.2) is 70.5 Å². The summed E-state index contributed by atoms with van der Waals surface area (Å²) >= 11 is 0. The van der Waals surface area contributed by atoms with Crippen LogP contribution >= 0.6 is 0 Å². The number of alkyl halides is 6. The summed E-state index contributed by atoms with van der Waals surface area (Å²) in [6, 6.07) is 4.65. The van der Waals surface area contributed by atoms with E-state index in [9.17, 15) is 45.1 Å². The summed E-state index contributed by atoms with van der Waals surface area (Å²) in [5, 5.41) is 0. The molecule has 0 bridgehead atoms. The lowest BCUT2D eigenvalue weighted by Crippen LogP contribution is -2.73. The molecule has 9 nitrogen and oxygen atoms in total. The standard InChI is InChI=1S/C32H38F7N5O4/c33-24-9-7-20(8-10-24)17-42-18-27-43(30(47)48-19-21-13-22(31(34,35)36)15-23(14-21)32(37,38)39)25(5-1-3-11-40)16-28(45)44(27)26(29(42)46)6-2-4-12-41/h7-10,13-15,25-27H,1-6,11-12,16-19,40-41H2/t25?,26-,27?/m0/s1. The van der Waals surface area contributed by atoms with Gasteiger partial charge in [-0.25, -0.2) is 9.18 Å². The minimum absolute atomic E-state index is 0.0214. The molecule has 2 heterocycles. The van der Waals surface area contributed by atoms with Gasteiger partial charge in [-0.05, 0) is 86.7 Å². The molecule has 0 aliphatic carbocycles. The summed E-state index contributed by atoms with van der Waals surface area (Å²) in [7, 11) is 0. The molecule has 4 N–H and O–H groups in total. The molecule has 264 valence electrons. The number of benzene rings is 2. The van der Waals surface area contributed by atoms with Crippen LogP contribution in [0.1, 0.15) is 67.2 Å². The van der Waals surface area contributed by atoms with Gasteiger partial charge in [0.15, 0.2) is 0 Å². The van der Waals surface area contributed by atoms with Gasteiger partial charge in [-0.2, -0.15) is 26.3 Å². The zero-order valence-corrected chi connectivity index (χ0v) is 26.0. The number of unbranched alkanes of at least 4 members (excludes halogenated alkanes) is 2. The molecule has 2 fully saturated rings. The van der Waals surface area contributed by atoms with Gasteiger partial charge in [0.05, 0.1) is 17.7 Å². The summed E-state index contributed by atoms with van der Waals surface area (Å²) < 4.78 is 99.7. The van der Waals surface area contributed by atoms with Gasteiger partial charge in [0.2, 0.25) is 11.8 Å². The predicted molar refractivity (Wildman–Crippen MR) is 159 cm³/mol. The quantitative estimate of drug-likeness (QED) is 0.228. The summed E-state index contributed by atoms with van der Waals surface area (Å²) in [5.74, 6) is -1.26. The Morgan fingerprint density at radius 1 is 0.833 bits per heavy atom. The summed E-state index contributed by atoms with van der Waals surface area (Å²) in [4.78, 5) is 45.3. The number of rotatable bonds is 12. The average Bonchev–Trinajstić information content (AvgIpc) is 3.02. The van der Waals surface area contributed by atoms with E-state index in [0.717, 1.165) is 0 Å². The number of carbonyl (C=O) groups is 3. The molecule has 0 saturated carbocycles. The molecule has 2 aliphatic heterocycles. The van der Waals surface area contributed by atoms with E-state index in [1.165, 1.54) is 39.0 Å². The Kier molecular flexibility index (Phi) is 11.9. The van der Waals surface area contributed by atoms with Crippen LogP contribution in [0.4, 0.5) is 35.5 Å². The first kappa shape index (κ1) is 36.9. The van der Waals surface area contributed by atoms with Gasteiger partial charge in [-0.15, -0.1) is 0 Å². The van der Waals surface area contributed by atoms with E-state index in [1.54, 1.807) is 0 Å². The Balaban J connectivity index is 1.68. The van der Waals surface area contributed by atoms with Crippen molar-refractivity contribution in [3.05, 3.63) is 70.5 Å². The van der Waals surface area contributed by atoms with Crippen LogP contribution in [0.3, 0.4) is 0 Å². The van der Waals surface area contributed by atoms with E-state index in [-0.39, 0.29) is 43.8 Å². The number of carbonyl (C=O) groups excluding carboxylic acids is 3. The predicted octanol–water partition coefficient (Wildman–Crippen LogP) is 5.40. The highest BCUT2D eigenvalue weighted by atomic mass is 19.4. The Labute approximate surface area is 272 Å². The van der Waals surface area contributed by atoms with Crippen molar-refractivity contribution in [2.75, 3.05) is 19.6 Å². The molecule has 16 heteroatoms. The van der Waals surface area contributed by atoms with Crippen molar-refractivity contribution in [2.45, 2.75) is 88.7 Å². The number of halogens is 7. The maximum atomic E-state index is 13.8. The second-order valence-electron chi connectivity index (χ2n) is 11.9. The number of amides is 3.